The molecular weight excluding hydrogens is 174 g/mol. The number of fused-ring (bicyclic) bond motifs is 3. The number of aromatic amines is 2. The predicted octanol–water partition coefficient (Wildman–Crippen LogP) is -0.101. The molecule has 0 saturated heterocycles. The van der Waals surface area contributed by atoms with E-state index in [4.69, 9.17) is 0 Å². The summed E-state index contributed by atoms with van der Waals surface area (Å²) in [5.41, 5.74) is 0.855. The summed E-state index contributed by atoms with van der Waals surface area (Å²) in [4.78, 5) is 24.8. The van der Waals surface area contributed by atoms with Crippen LogP contribution in [0.3, 0.4) is 0 Å². The van der Waals surface area contributed by atoms with Crippen molar-refractivity contribution in [2.75, 3.05) is 0 Å². The maximum Gasteiger partial charge on any atom is 0.278 e. The lowest BCUT2D eigenvalue weighted by Gasteiger charge is -1.92. The van der Waals surface area contributed by atoms with E-state index in [0.29, 0.717) is 16.9 Å². The van der Waals surface area contributed by atoms with E-state index < -0.39 is 0 Å². The van der Waals surface area contributed by atoms with Crippen molar-refractivity contribution in [3.8, 4) is 0 Å². The number of aromatic nitrogens is 5. The summed E-state index contributed by atoms with van der Waals surface area (Å²) in [6, 6.07) is 0. The number of imidazole rings is 2. The molecule has 0 bridgehead atoms. The van der Waals surface area contributed by atoms with E-state index in [2.05, 4.69) is 19.9 Å². The molecule has 2 N–H and O–H groups in total. The maximum atomic E-state index is 11.4. The molecule has 0 saturated carbocycles. The average molecular weight is 179 g/mol. The summed E-state index contributed by atoms with van der Waals surface area (Å²) >= 11 is 0. The number of hydrogen-bond donors (Lipinski definition) is 2. The lowest BCUT2D eigenvalue weighted by atomic mass is 10.9. The maximum absolute atomic E-state index is 11.4. The molecule has 0 aliphatic heterocycles. The third-order valence-electron chi connectivity index (χ3n) is 1.94. The van der Waals surface area contributed by atoms with Gasteiger partial charge in [0.05, 0.1) is 6.33 Å². The zero-order valence-electron chi connectivity index (χ0n) is 6.48. The molecule has 3 rings (SSSR count). The number of H-pyrrole nitrogens is 2. The first kappa shape index (κ1) is 6.41. The Morgan fingerprint density at radius 3 is 3.23 bits per heavy atom. The van der Waals surface area contributed by atoms with Gasteiger partial charge < -0.3 is 4.98 Å². The standard InChI is InChI=1S/C7H5N5O/c13-6-4-5(10-3-9-4)12-2-1-8-7(12)11-6/h1-3H,(H,9,10)(H,8,11,13)/i3+1,4+1,5+1,6+1. The van der Waals surface area contributed by atoms with Crippen molar-refractivity contribution in [3.63, 3.8) is 0 Å². The van der Waals surface area contributed by atoms with Crippen LogP contribution in [-0.2, 0) is 0 Å². The van der Waals surface area contributed by atoms with Crippen molar-refractivity contribution in [1.82, 2.24) is 24.3 Å². The van der Waals surface area contributed by atoms with E-state index in [1.165, 1.54) is 6.33 Å². The second-order valence-electron chi connectivity index (χ2n) is 2.68. The number of rotatable bonds is 0. The highest BCUT2D eigenvalue weighted by atomic mass is 16.2. The largest absolute Gasteiger partial charge is 0.339 e. The summed E-state index contributed by atoms with van der Waals surface area (Å²) in [7, 11) is 0. The molecule has 3 heterocycles. The van der Waals surface area contributed by atoms with Crippen molar-refractivity contribution in [1.29, 1.82) is 0 Å². The monoisotopic (exact) mass is 179 g/mol. The van der Waals surface area contributed by atoms with Crippen molar-refractivity contribution in [2.45, 2.75) is 0 Å². The van der Waals surface area contributed by atoms with Crippen LogP contribution in [0.25, 0.3) is 16.9 Å². The van der Waals surface area contributed by atoms with Gasteiger partial charge in [0, 0.05) is 12.4 Å². The normalized spacial score (nSPS) is 11.4. The summed E-state index contributed by atoms with van der Waals surface area (Å²) < 4.78 is 1.72. The van der Waals surface area contributed by atoms with E-state index in [1.807, 2.05) is 0 Å². The van der Waals surface area contributed by atoms with Crippen molar-refractivity contribution in [3.05, 3.63) is 29.1 Å². The van der Waals surface area contributed by atoms with Gasteiger partial charge in [-0.25, -0.2) is 9.97 Å². The van der Waals surface area contributed by atoms with Gasteiger partial charge in [-0.05, 0) is 0 Å². The predicted molar refractivity (Wildman–Crippen MR) is 45.5 cm³/mol. The van der Waals surface area contributed by atoms with Crippen LogP contribution in [0.4, 0.5) is 0 Å². The number of hydrogen-bond acceptors (Lipinski definition) is 3. The van der Waals surface area contributed by atoms with Crippen LogP contribution in [0.2, 0.25) is 0 Å². The third-order valence-corrected chi connectivity index (χ3v) is 1.94. The topological polar surface area (TPSA) is 78.8 Å². The zero-order valence-corrected chi connectivity index (χ0v) is 6.48. The Kier molecular flexibility index (Phi) is 0.974. The van der Waals surface area contributed by atoms with E-state index in [9.17, 15) is 4.79 Å². The molecule has 13 heavy (non-hydrogen) atoms. The summed E-state index contributed by atoms with van der Waals surface area (Å²) in [6.45, 7) is 0. The van der Waals surface area contributed by atoms with Gasteiger partial charge in [0.2, 0.25) is 5.78 Å². The fourth-order valence-corrected chi connectivity index (χ4v) is 1.37. The Morgan fingerprint density at radius 1 is 1.38 bits per heavy atom. The van der Waals surface area contributed by atoms with Gasteiger partial charge in [-0.3, -0.25) is 14.2 Å². The quantitative estimate of drug-likeness (QED) is 0.505. The molecular formula is C7H5N5O. The highest BCUT2D eigenvalue weighted by Gasteiger charge is 2.05. The van der Waals surface area contributed by atoms with Crippen molar-refractivity contribution < 1.29 is 0 Å². The molecule has 0 aliphatic carbocycles. The Hall–Kier alpha value is -2.11. The molecule has 0 aromatic carbocycles. The van der Waals surface area contributed by atoms with Gasteiger partial charge in [-0.1, -0.05) is 0 Å². The number of nitrogens with zero attached hydrogens (tertiary/aromatic N) is 3. The molecule has 6 nitrogen and oxygen atoms in total. The fourth-order valence-electron chi connectivity index (χ4n) is 1.37. The van der Waals surface area contributed by atoms with E-state index >= 15 is 0 Å². The Bertz CT molecular complexity index is 631. The van der Waals surface area contributed by atoms with E-state index in [1.54, 1.807) is 16.8 Å². The Labute approximate surface area is 71.3 Å². The Morgan fingerprint density at radius 2 is 2.31 bits per heavy atom. The van der Waals surface area contributed by atoms with Gasteiger partial charge in [-0.15, -0.1) is 0 Å². The number of nitrogens with one attached hydrogen (secondary N) is 2. The van der Waals surface area contributed by atoms with Crippen LogP contribution in [0, 0.1) is 0 Å². The third kappa shape index (κ3) is 0.689. The van der Waals surface area contributed by atoms with Crippen molar-refractivity contribution >= 4 is 16.9 Å². The lowest BCUT2D eigenvalue weighted by molar-refractivity contribution is 1.12. The molecule has 6 heteroatoms. The van der Waals surface area contributed by atoms with Crippen LogP contribution in [0.1, 0.15) is 0 Å². The summed E-state index contributed by atoms with van der Waals surface area (Å²) in [5.74, 6) is 0.504. The van der Waals surface area contributed by atoms with Gasteiger partial charge in [0.25, 0.3) is 5.56 Å². The molecule has 0 amide bonds. The van der Waals surface area contributed by atoms with Crippen LogP contribution in [-0.4, -0.2) is 24.3 Å². The van der Waals surface area contributed by atoms with Gasteiger partial charge in [0.1, 0.15) is 5.52 Å². The van der Waals surface area contributed by atoms with E-state index in [-0.39, 0.29) is 5.56 Å². The molecule has 3 aromatic rings. The summed E-state index contributed by atoms with van der Waals surface area (Å²) in [6.07, 6.45) is 4.84. The second-order valence-corrected chi connectivity index (χ2v) is 2.68. The second kappa shape index (κ2) is 1.98. The molecule has 0 radical (unpaired) electrons. The average Bonchev–Trinajstić information content (AvgIpc) is 2.66. The first-order chi connectivity index (χ1) is 6.36. The first-order valence-electron chi connectivity index (χ1n) is 3.75. The lowest BCUT2D eigenvalue weighted by Crippen LogP contribution is -2.09. The van der Waals surface area contributed by atoms with Crippen LogP contribution in [0.15, 0.2) is 23.5 Å². The minimum atomic E-state index is -0.203. The van der Waals surface area contributed by atoms with Gasteiger partial charge in [0.15, 0.2) is 5.65 Å². The van der Waals surface area contributed by atoms with Crippen LogP contribution >= 0.6 is 0 Å². The van der Waals surface area contributed by atoms with Gasteiger partial charge in [-0.2, -0.15) is 0 Å². The minimum Gasteiger partial charge on any atom is -0.339 e. The molecule has 0 atom stereocenters. The first-order valence-corrected chi connectivity index (χ1v) is 3.75. The molecule has 0 unspecified atom stereocenters. The zero-order chi connectivity index (χ0) is 8.84. The minimum absolute atomic E-state index is 0.203. The highest BCUT2D eigenvalue weighted by Crippen LogP contribution is 2.04. The van der Waals surface area contributed by atoms with E-state index in [0.717, 1.165) is 0 Å². The van der Waals surface area contributed by atoms with Gasteiger partial charge >= 0.3 is 0 Å². The van der Waals surface area contributed by atoms with Crippen molar-refractivity contribution in [2.24, 2.45) is 0 Å². The fraction of sp³-hybridized carbons (Fsp3) is 0. The highest BCUT2D eigenvalue weighted by molar-refractivity contribution is 5.71. The molecule has 3 aromatic heterocycles. The molecule has 64 valence electrons. The smallest absolute Gasteiger partial charge is 0.278 e. The summed E-state index contributed by atoms with van der Waals surface area (Å²) in [5, 5.41) is 0. The SMILES string of the molecule is O=[13c]1[nH]c2nccn2[13c]2n[13cH][nH][13c]12. The van der Waals surface area contributed by atoms with Crippen LogP contribution < -0.4 is 5.56 Å². The molecule has 0 aliphatic rings. The molecule has 0 spiro atoms. The van der Waals surface area contributed by atoms with Crippen LogP contribution in [0.5, 0.6) is 0 Å². The Balaban J connectivity index is 2.79. The molecule has 0 fully saturated rings.